The molecule has 4 nitrogen and oxygen atoms in total. The van der Waals surface area contributed by atoms with E-state index in [1.54, 1.807) is 0 Å². The van der Waals surface area contributed by atoms with Gasteiger partial charge in [0, 0.05) is 5.41 Å². The van der Waals surface area contributed by atoms with Gasteiger partial charge in [0.15, 0.2) is 0 Å². The van der Waals surface area contributed by atoms with E-state index >= 15 is 0 Å². The Labute approximate surface area is 156 Å². The van der Waals surface area contributed by atoms with Crippen molar-refractivity contribution in [3.8, 4) is 0 Å². The third-order valence-corrected chi connectivity index (χ3v) is 8.38. The first-order chi connectivity index (χ1) is 9.34. The lowest BCUT2D eigenvalue weighted by atomic mass is 8.92. The number of carbonyl (C=O) groups excluding carboxylic acids is 2. The molecule has 0 aromatic rings. The van der Waals surface area contributed by atoms with Gasteiger partial charge in [-0.2, -0.15) is 0 Å². The van der Waals surface area contributed by atoms with E-state index in [1.165, 1.54) is 7.11 Å². The van der Waals surface area contributed by atoms with Gasteiger partial charge in [0.05, 0.1) is 19.1 Å². The second-order valence-electron chi connectivity index (χ2n) is 6.77. The molecule has 6 fully saturated rings. The van der Waals surface area contributed by atoms with Crippen LogP contribution in [0.25, 0.3) is 0 Å². The molecule has 0 radical (unpaired) electrons. The molecule has 0 amide bonds. The molecule has 6 aliphatic rings. The fourth-order valence-electron chi connectivity index (χ4n) is 6.90. The molecule has 6 aliphatic carbocycles. The summed E-state index contributed by atoms with van der Waals surface area (Å²) in [6.45, 7) is 0.573. The molecule has 7 heteroatoms. The molecule has 0 N–H and O–H groups in total. The molecule has 0 bridgehead atoms. The van der Waals surface area contributed by atoms with E-state index in [1.807, 2.05) is 0 Å². The number of rotatable bonds is 4. The van der Waals surface area contributed by atoms with Gasteiger partial charge >= 0.3 is 11.9 Å². The quantitative estimate of drug-likeness (QED) is 0.279. The highest BCUT2D eigenvalue weighted by molar-refractivity contribution is 14.3. The molecule has 108 valence electrons. The van der Waals surface area contributed by atoms with Crippen LogP contribution in [-0.4, -0.2) is 25.1 Å². The number of carbonyl (C=O) groups is 2. The molecule has 6 saturated carbocycles. The third-order valence-electron chi connectivity index (χ3n) is 7.06. The molecule has 0 aliphatic heterocycles. The van der Waals surface area contributed by atoms with E-state index in [0.717, 1.165) is 0 Å². The van der Waals surface area contributed by atoms with Crippen molar-refractivity contribution in [1.82, 2.24) is 0 Å². The summed E-state index contributed by atoms with van der Waals surface area (Å²) in [4.78, 5) is 23.9. The zero-order valence-corrected chi connectivity index (χ0v) is 16.9. The van der Waals surface area contributed by atoms with Crippen LogP contribution < -0.4 is 0 Å². The minimum atomic E-state index is -0.515. The third kappa shape index (κ3) is 0.955. The largest absolute Gasteiger partial charge is 0.469 e. The zero-order valence-electron chi connectivity index (χ0n) is 10.4. The summed E-state index contributed by atoms with van der Waals surface area (Å²) in [7, 11) is 1.50. The SMILES string of the molecule is COC(=O)C12C3C4C1C1C2C3C41COC(=O)C(I)(I)I. The lowest BCUT2D eigenvalue weighted by molar-refractivity contribution is -0.645. The number of methoxy groups -OCH3 is 1. The van der Waals surface area contributed by atoms with E-state index in [-0.39, 0.29) is 22.8 Å². The minimum Gasteiger partial charge on any atom is -0.469 e. The van der Waals surface area contributed by atoms with Crippen LogP contribution in [0, 0.1) is 46.3 Å². The van der Waals surface area contributed by atoms with Crippen molar-refractivity contribution < 1.29 is 19.1 Å². The molecule has 0 spiro atoms. The average molecular weight is 612 g/mol. The van der Waals surface area contributed by atoms with Crippen LogP contribution in [0.5, 0.6) is 0 Å². The number of hydrogen-bond acceptors (Lipinski definition) is 4. The normalized spacial score (nSPS) is 58.0. The van der Waals surface area contributed by atoms with Crippen molar-refractivity contribution in [3.63, 3.8) is 0 Å². The van der Waals surface area contributed by atoms with Gasteiger partial charge in [0.2, 0.25) is -0.565 Å². The van der Waals surface area contributed by atoms with E-state index < -0.39 is -0.565 Å². The highest BCUT2D eigenvalue weighted by Gasteiger charge is 3.11. The lowest BCUT2D eigenvalue weighted by Crippen LogP contribution is -3.11. The van der Waals surface area contributed by atoms with Crippen molar-refractivity contribution in [3.05, 3.63) is 0 Å². The van der Waals surface area contributed by atoms with Crippen molar-refractivity contribution >= 4 is 79.7 Å². The standard InChI is InChI=1S/C13H11I3O4/c1-19-9(17)12-6-3-7(12)5-8(12)4(6)11(3,5)2-20-10(18)13(14,15)16/h3-8H,2H2,1H3. The van der Waals surface area contributed by atoms with Gasteiger partial charge < -0.3 is 9.47 Å². The summed E-state index contributed by atoms with van der Waals surface area (Å²) in [5.41, 5.74) is 0.181. The Hall–Kier alpha value is 1.13. The van der Waals surface area contributed by atoms with Crippen LogP contribution in [0.2, 0.25) is 0 Å². The van der Waals surface area contributed by atoms with E-state index in [2.05, 4.69) is 67.8 Å². The Kier molecular flexibility index (Phi) is 2.35. The molecule has 0 heterocycles. The second kappa shape index (κ2) is 3.46. The Bertz CT molecular complexity index is 527. The predicted molar refractivity (Wildman–Crippen MR) is 93.6 cm³/mol. The first-order valence-corrected chi connectivity index (χ1v) is 9.90. The molecule has 6 rings (SSSR count). The topological polar surface area (TPSA) is 52.6 Å². The highest BCUT2D eigenvalue weighted by Crippen LogP contribution is 3.10. The number of esters is 2. The number of alkyl halides is 3. The summed E-state index contributed by atoms with van der Waals surface area (Å²) >= 11 is 6.28. The van der Waals surface area contributed by atoms with Gasteiger partial charge in [-0.3, -0.25) is 4.79 Å². The predicted octanol–water partition coefficient (Wildman–Crippen LogP) is 2.40. The first-order valence-electron chi connectivity index (χ1n) is 6.67. The van der Waals surface area contributed by atoms with Crippen LogP contribution in [0.15, 0.2) is 0 Å². The molecule has 0 atom stereocenters. The second-order valence-corrected chi connectivity index (χ2v) is 17.8. The van der Waals surface area contributed by atoms with Crippen molar-refractivity contribution in [1.29, 1.82) is 0 Å². The Morgan fingerprint density at radius 3 is 1.95 bits per heavy atom. The fourth-order valence-corrected chi connectivity index (χ4v) is 7.36. The Morgan fingerprint density at radius 1 is 1.05 bits per heavy atom. The summed E-state index contributed by atoms with van der Waals surface area (Å²) in [5, 5.41) is 0. The maximum Gasteiger partial charge on any atom is 0.342 e. The van der Waals surface area contributed by atoms with Crippen molar-refractivity contribution in [2.45, 2.75) is -0.565 Å². The van der Waals surface area contributed by atoms with Gasteiger partial charge in [0.25, 0.3) is 0 Å². The van der Waals surface area contributed by atoms with Crippen LogP contribution >= 0.6 is 67.8 Å². The van der Waals surface area contributed by atoms with Gasteiger partial charge in [-0.15, -0.1) is 0 Å². The Balaban J connectivity index is 1.30. The van der Waals surface area contributed by atoms with Crippen LogP contribution in [0.1, 0.15) is 0 Å². The summed E-state index contributed by atoms with van der Waals surface area (Å²) < 4.78 is 10.1. The molecular weight excluding hydrogens is 601 g/mol. The Morgan fingerprint density at radius 2 is 1.55 bits per heavy atom. The fraction of sp³-hybridized carbons (Fsp3) is 0.846. The molecule has 0 aromatic carbocycles. The summed E-state index contributed by atoms with van der Waals surface area (Å²) in [6.07, 6.45) is 0. The zero-order chi connectivity index (χ0) is 14.2. The van der Waals surface area contributed by atoms with E-state index in [4.69, 9.17) is 9.47 Å². The van der Waals surface area contributed by atoms with Crippen LogP contribution in [0.4, 0.5) is 0 Å². The van der Waals surface area contributed by atoms with Gasteiger partial charge in [-0.05, 0) is 103 Å². The molecule has 20 heavy (non-hydrogen) atoms. The van der Waals surface area contributed by atoms with Crippen LogP contribution in [-0.2, 0) is 19.1 Å². The summed E-state index contributed by atoms with van der Waals surface area (Å²) in [6, 6.07) is 0. The lowest BCUT2D eigenvalue weighted by Gasteiger charge is -3.10. The van der Waals surface area contributed by atoms with Crippen molar-refractivity contribution in [2.75, 3.05) is 13.7 Å². The molecule has 0 unspecified atom stereocenters. The monoisotopic (exact) mass is 612 g/mol. The summed E-state index contributed by atoms with van der Waals surface area (Å²) in [5.74, 6) is 3.46. The van der Waals surface area contributed by atoms with E-state index in [9.17, 15) is 9.59 Å². The molecule has 0 saturated heterocycles. The maximum absolute atomic E-state index is 12.0. The number of hydrogen-bond donors (Lipinski definition) is 0. The smallest absolute Gasteiger partial charge is 0.342 e. The number of ether oxygens (including phenoxy) is 2. The molecule has 0 aromatic heterocycles. The maximum atomic E-state index is 12.0. The van der Waals surface area contributed by atoms with Gasteiger partial charge in [0.1, 0.15) is 0 Å². The molecular formula is C13H11I3O4. The number of halogens is 3. The minimum absolute atomic E-state index is 0.0253. The van der Waals surface area contributed by atoms with E-state index in [0.29, 0.717) is 42.1 Å². The first kappa shape index (κ1) is 13.6. The highest BCUT2D eigenvalue weighted by atomic mass is 127. The average Bonchev–Trinajstić information content (AvgIpc) is 2.42. The van der Waals surface area contributed by atoms with Gasteiger partial charge in [-0.25, -0.2) is 4.79 Å². The van der Waals surface area contributed by atoms with Crippen LogP contribution in [0.3, 0.4) is 0 Å². The van der Waals surface area contributed by atoms with Crippen molar-refractivity contribution in [2.24, 2.45) is 46.3 Å². The van der Waals surface area contributed by atoms with Gasteiger partial charge in [-0.1, -0.05) is 0 Å².